The van der Waals surface area contributed by atoms with Gasteiger partial charge in [-0.05, 0) is 62.3 Å². The minimum atomic E-state index is -0.152. The van der Waals surface area contributed by atoms with Crippen LogP contribution in [0.3, 0.4) is 0 Å². The Bertz CT molecular complexity index is 1280. The molecule has 2 amide bonds. The zero-order valence-corrected chi connectivity index (χ0v) is 24.1. The van der Waals surface area contributed by atoms with Crippen LogP contribution < -0.4 is 10.2 Å². The van der Waals surface area contributed by atoms with E-state index in [2.05, 4.69) is 49.7 Å². The normalized spacial score (nSPS) is 22.9. The first-order chi connectivity index (χ1) is 18.7. The summed E-state index contributed by atoms with van der Waals surface area (Å²) in [7, 11) is 0. The van der Waals surface area contributed by atoms with Crippen LogP contribution in [0.4, 0.5) is 11.4 Å². The summed E-state index contributed by atoms with van der Waals surface area (Å²) in [6.45, 7) is 17.1. The third kappa shape index (κ3) is 4.97. The summed E-state index contributed by atoms with van der Waals surface area (Å²) in [5.74, 6) is 0.343. The molecule has 2 unspecified atom stereocenters. The molecule has 5 rings (SSSR count). The summed E-state index contributed by atoms with van der Waals surface area (Å²) in [4.78, 5) is 36.2. The third-order valence-corrected chi connectivity index (χ3v) is 8.46. The number of hydrogen-bond acceptors (Lipinski definition) is 5. The first-order valence-electron chi connectivity index (χ1n) is 14.6. The number of fused-ring (bicyclic) bond motifs is 4. The fraction of sp³-hybridized carbons (Fsp3) is 0.531. The standard InChI is InChI=1S/C32H42N4O3/c1-7-9-23-26(33-19(3)4)10-13-35-30(23)24-18-28-27(17-25(24)32(35)38)34-31(37)29(16-20(5)8-2)36(28)21(6)22-11-14-39-15-12-22/h16-18,20,22,30H,6-15H2,1-5H3,(H,34,37)/b29-16-. The molecular weight excluding hydrogens is 488 g/mol. The molecule has 1 aromatic carbocycles. The first-order valence-corrected chi connectivity index (χ1v) is 14.6. The molecule has 1 aromatic rings. The second-order valence-electron chi connectivity index (χ2n) is 11.5. The lowest BCUT2D eigenvalue weighted by molar-refractivity contribution is -0.113. The number of carbonyl (C=O) groups is 2. The van der Waals surface area contributed by atoms with Crippen LogP contribution in [0.15, 0.2) is 52.4 Å². The maximum absolute atomic E-state index is 13.7. The van der Waals surface area contributed by atoms with Crippen LogP contribution in [0.2, 0.25) is 0 Å². The Balaban J connectivity index is 1.68. The zero-order chi connectivity index (χ0) is 27.8. The summed E-state index contributed by atoms with van der Waals surface area (Å²) >= 11 is 0. The Morgan fingerprint density at radius 1 is 1.23 bits per heavy atom. The Labute approximate surface area is 232 Å². The van der Waals surface area contributed by atoms with Gasteiger partial charge in [0.1, 0.15) is 5.70 Å². The fourth-order valence-corrected chi connectivity index (χ4v) is 6.32. The highest BCUT2D eigenvalue weighted by molar-refractivity contribution is 6.14. The van der Waals surface area contributed by atoms with Crippen molar-refractivity contribution in [3.05, 3.63) is 58.6 Å². The highest BCUT2D eigenvalue weighted by Gasteiger charge is 2.44. The van der Waals surface area contributed by atoms with E-state index in [-0.39, 0.29) is 29.7 Å². The summed E-state index contributed by atoms with van der Waals surface area (Å²) in [6.07, 6.45) is 7.40. The van der Waals surface area contributed by atoms with Crippen molar-refractivity contribution in [2.45, 2.75) is 79.2 Å². The number of nitrogens with zero attached hydrogens (tertiary/aromatic N) is 3. The molecule has 0 aromatic heterocycles. The van der Waals surface area contributed by atoms with E-state index in [0.717, 1.165) is 66.9 Å². The number of hydrogen-bond donors (Lipinski definition) is 1. The van der Waals surface area contributed by atoms with Crippen LogP contribution >= 0.6 is 0 Å². The van der Waals surface area contributed by atoms with Crippen molar-refractivity contribution in [2.75, 3.05) is 30.0 Å². The molecule has 0 saturated carbocycles. The molecule has 1 saturated heterocycles. The van der Waals surface area contributed by atoms with Crippen molar-refractivity contribution in [1.82, 2.24) is 4.90 Å². The highest BCUT2D eigenvalue weighted by atomic mass is 16.5. The molecule has 0 bridgehead atoms. The first kappa shape index (κ1) is 27.4. The lowest BCUT2D eigenvalue weighted by atomic mass is 9.88. The van der Waals surface area contributed by atoms with Gasteiger partial charge in [-0.2, -0.15) is 0 Å². The van der Waals surface area contributed by atoms with Crippen LogP contribution in [-0.2, 0) is 9.53 Å². The van der Waals surface area contributed by atoms with Crippen molar-refractivity contribution in [2.24, 2.45) is 16.8 Å². The lowest BCUT2D eigenvalue weighted by Crippen LogP contribution is -2.38. The van der Waals surface area contributed by atoms with Gasteiger partial charge in [-0.3, -0.25) is 14.6 Å². The van der Waals surface area contributed by atoms with Crippen LogP contribution in [0.25, 0.3) is 0 Å². The minimum Gasteiger partial charge on any atom is -0.381 e. The van der Waals surface area contributed by atoms with Crippen molar-refractivity contribution in [3.8, 4) is 0 Å². The predicted octanol–water partition coefficient (Wildman–Crippen LogP) is 6.75. The largest absolute Gasteiger partial charge is 0.381 e. The van der Waals surface area contributed by atoms with Gasteiger partial charge < -0.3 is 19.9 Å². The monoisotopic (exact) mass is 530 g/mol. The van der Waals surface area contributed by atoms with Gasteiger partial charge in [0.2, 0.25) is 0 Å². The molecule has 1 fully saturated rings. The number of aliphatic imine (C=N–C) groups is 1. The maximum Gasteiger partial charge on any atom is 0.272 e. The van der Waals surface area contributed by atoms with Gasteiger partial charge >= 0.3 is 0 Å². The van der Waals surface area contributed by atoms with Crippen LogP contribution in [0.1, 0.15) is 95.1 Å². The molecule has 4 aliphatic heterocycles. The second kappa shape index (κ2) is 11.1. The van der Waals surface area contributed by atoms with Gasteiger partial charge in [0.25, 0.3) is 11.8 Å². The quantitative estimate of drug-likeness (QED) is 0.313. The fourth-order valence-electron chi connectivity index (χ4n) is 6.32. The third-order valence-electron chi connectivity index (χ3n) is 8.46. The summed E-state index contributed by atoms with van der Waals surface area (Å²) < 4.78 is 5.63. The lowest BCUT2D eigenvalue weighted by Gasteiger charge is -2.39. The number of carbonyl (C=O) groups excluding carboxylic acids is 2. The highest BCUT2D eigenvalue weighted by Crippen LogP contribution is 2.50. The van der Waals surface area contributed by atoms with Crippen molar-refractivity contribution in [1.29, 1.82) is 0 Å². The minimum absolute atomic E-state index is 0.0349. The maximum atomic E-state index is 13.7. The van der Waals surface area contributed by atoms with E-state index < -0.39 is 0 Å². The van der Waals surface area contributed by atoms with E-state index in [1.54, 1.807) is 0 Å². The van der Waals surface area contributed by atoms with E-state index in [1.807, 2.05) is 24.8 Å². The molecule has 2 atom stereocenters. The summed E-state index contributed by atoms with van der Waals surface area (Å²) in [5.41, 5.74) is 8.18. The number of benzene rings is 1. The Hall–Kier alpha value is -3.19. The van der Waals surface area contributed by atoms with Crippen molar-refractivity contribution >= 4 is 28.9 Å². The van der Waals surface area contributed by atoms with Gasteiger partial charge in [0.05, 0.1) is 17.4 Å². The average Bonchev–Trinajstić information content (AvgIpc) is 3.20. The van der Waals surface area contributed by atoms with Gasteiger partial charge in [-0.15, -0.1) is 0 Å². The predicted molar refractivity (Wildman–Crippen MR) is 157 cm³/mol. The van der Waals surface area contributed by atoms with E-state index in [4.69, 9.17) is 9.73 Å². The van der Waals surface area contributed by atoms with Crippen LogP contribution in [0.5, 0.6) is 0 Å². The van der Waals surface area contributed by atoms with Crippen molar-refractivity contribution in [3.63, 3.8) is 0 Å². The molecule has 0 spiro atoms. The molecule has 208 valence electrons. The number of anilines is 2. The zero-order valence-electron chi connectivity index (χ0n) is 24.1. The topological polar surface area (TPSA) is 74.2 Å². The van der Waals surface area contributed by atoms with Crippen LogP contribution in [-0.4, -0.2) is 42.2 Å². The van der Waals surface area contributed by atoms with E-state index in [0.29, 0.717) is 36.7 Å². The van der Waals surface area contributed by atoms with Crippen molar-refractivity contribution < 1.29 is 14.3 Å². The Morgan fingerprint density at radius 3 is 2.64 bits per heavy atom. The average molecular weight is 531 g/mol. The van der Waals surface area contributed by atoms with Crippen LogP contribution in [0, 0.1) is 11.8 Å². The molecule has 4 heterocycles. The number of allylic oxidation sites excluding steroid dienone is 2. The van der Waals surface area contributed by atoms with Gasteiger partial charge in [0, 0.05) is 54.8 Å². The molecule has 4 aliphatic rings. The van der Waals surface area contributed by atoms with E-state index in [9.17, 15) is 9.59 Å². The Kier molecular flexibility index (Phi) is 7.81. The van der Waals surface area contributed by atoms with E-state index >= 15 is 0 Å². The van der Waals surface area contributed by atoms with Gasteiger partial charge in [-0.25, -0.2) is 0 Å². The molecule has 1 N–H and O–H groups in total. The SMILES string of the molecule is C=C(C1CCOCC1)N1/C(=C\C(C)CC)C(=O)Nc2cc3c(cc21)C1C(CCC)=C(N=C(C)C)CCN1C3=O. The molecule has 7 heteroatoms. The second-order valence-corrected chi connectivity index (χ2v) is 11.5. The number of amides is 2. The molecular formula is C32H42N4O3. The molecule has 7 nitrogen and oxygen atoms in total. The number of nitrogens with one attached hydrogen (secondary N) is 1. The molecule has 39 heavy (non-hydrogen) atoms. The van der Waals surface area contributed by atoms with E-state index in [1.165, 1.54) is 5.57 Å². The molecule has 0 radical (unpaired) electrons. The van der Waals surface area contributed by atoms with Gasteiger partial charge in [0.15, 0.2) is 0 Å². The summed E-state index contributed by atoms with van der Waals surface area (Å²) in [5, 5.41) is 3.11. The number of ether oxygens (including phenoxy) is 1. The summed E-state index contributed by atoms with van der Waals surface area (Å²) in [6, 6.07) is 3.91. The number of rotatable bonds is 7. The van der Waals surface area contributed by atoms with Gasteiger partial charge in [-0.1, -0.05) is 46.3 Å². The Morgan fingerprint density at radius 2 is 1.97 bits per heavy atom. The molecule has 0 aliphatic carbocycles. The smallest absolute Gasteiger partial charge is 0.272 e.